The maximum Gasteiger partial charge on any atom is 0.211 e. The van der Waals surface area contributed by atoms with Gasteiger partial charge < -0.3 is 5.73 Å². The first kappa shape index (κ1) is 12.9. The molecule has 2 N–H and O–H groups in total. The predicted molar refractivity (Wildman–Crippen MR) is 81.9 cm³/mol. The molecule has 3 aromatic rings. The second kappa shape index (κ2) is 4.76. The molecule has 0 saturated carbocycles. The second-order valence-electron chi connectivity index (χ2n) is 4.63. The summed E-state index contributed by atoms with van der Waals surface area (Å²) in [6.07, 6.45) is 3.46. The second-order valence-corrected chi connectivity index (χ2v) is 5.48. The molecule has 0 aliphatic heterocycles. The molecule has 0 atom stereocenters. The van der Waals surface area contributed by atoms with Crippen LogP contribution in [0, 0.1) is 6.92 Å². The quantitative estimate of drug-likeness (QED) is 0.580. The Kier molecular flexibility index (Phi) is 3.06. The normalized spacial score (nSPS) is 10.9. The van der Waals surface area contributed by atoms with Crippen LogP contribution in [0.5, 0.6) is 0 Å². The van der Waals surface area contributed by atoms with Gasteiger partial charge in [-0.15, -0.1) is 0 Å². The zero-order valence-corrected chi connectivity index (χ0v) is 12.4. The number of nitrogens with two attached hydrogens (primary N) is 1. The van der Waals surface area contributed by atoms with E-state index in [1.165, 1.54) is 0 Å². The Hall–Kier alpha value is -2.14. The van der Waals surface area contributed by atoms with E-state index in [4.69, 9.17) is 5.73 Å². The fourth-order valence-electron chi connectivity index (χ4n) is 2.05. The standard InChI is InChI=1S/C15H12BrN3O/c1-9-6-14-18-7-13(19(14)8-12(9)16)15(20)10-2-4-11(17)5-3-10/h2-8H,17H2,1H3. The summed E-state index contributed by atoms with van der Waals surface area (Å²) in [7, 11) is 0. The topological polar surface area (TPSA) is 60.4 Å². The van der Waals surface area contributed by atoms with Gasteiger partial charge in [-0.25, -0.2) is 4.98 Å². The van der Waals surface area contributed by atoms with Crippen LogP contribution in [0.3, 0.4) is 0 Å². The van der Waals surface area contributed by atoms with Gasteiger partial charge in [0, 0.05) is 21.9 Å². The van der Waals surface area contributed by atoms with Gasteiger partial charge in [-0.3, -0.25) is 9.20 Å². The Morgan fingerprint density at radius 2 is 2.00 bits per heavy atom. The lowest BCUT2D eigenvalue weighted by Crippen LogP contribution is -2.05. The Balaban J connectivity index is 2.12. The number of halogens is 1. The third-order valence-electron chi connectivity index (χ3n) is 3.20. The van der Waals surface area contributed by atoms with Gasteiger partial charge in [0.2, 0.25) is 5.78 Å². The average molecular weight is 330 g/mol. The number of carbonyl (C=O) groups is 1. The minimum Gasteiger partial charge on any atom is -0.399 e. The first-order valence-corrected chi connectivity index (χ1v) is 6.89. The van der Waals surface area contributed by atoms with E-state index >= 15 is 0 Å². The molecule has 2 heterocycles. The Labute approximate surface area is 124 Å². The number of carbonyl (C=O) groups excluding carboxylic acids is 1. The monoisotopic (exact) mass is 329 g/mol. The number of nitrogens with zero attached hydrogens (tertiary/aromatic N) is 2. The molecule has 0 saturated heterocycles. The molecule has 100 valence electrons. The number of anilines is 1. The minimum absolute atomic E-state index is 0.0757. The van der Waals surface area contributed by atoms with Crippen LogP contribution in [0.2, 0.25) is 0 Å². The molecule has 0 aliphatic carbocycles. The third-order valence-corrected chi connectivity index (χ3v) is 4.03. The number of pyridine rings is 1. The summed E-state index contributed by atoms with van der Waals surface area (Å²) in [6.45, 7) is 1.99. The van der Waals surface area contributed by atoms with Gasteiger partial charge in [-0.05, 0) is 58.7 Å². The number of fused-ring (bicyclic) bond motifs is 1. The number of nitrogen functional groups attached to an aromatic ring is 1. The number of benzene rings is 1. The van der Waals surface area contributed by atoms with Crippen LogP contribution in [-0.4, -0.2) is 15.2 Å². The van der Waals surface area contributed by atoms with Crippen LogP contribution in [-0.2, 0) is 0 Å². The van der Waals surface area contributed by atoms with Crippen molar-refractivity contribution < 1.29 is 4.79 Å². The molecule has 0 aliphatic rings. The van der Waals surface area contributed by atoms with Crippen molar-refractivity contribution >= 4 is 33.0 Å². The van der Waals surface area contributed by atoms with Crippen LogP contribution in [0.4, 0.5) is 5.69 Å². The summed E-state index contributed by atoms with van der Waals surface area (Å²) in [5.41, 5.74) is 9.24. The fraction of sp³-hybridized carbons (Fsp3) is 0.0667. The predicted octanol–water partition coefficient (Wildman–Crippen LogP) is 3.22. The molecule has 3 rings (SSSR count). The largest absolute Gasteiger partial charge is 0.399 e. The summed E-state index contributed by atoms with van der Waals surface area (Å²) < 4.78 is 2.73. The van der Waals surface area contributed by atoms with Gasteiger partial charge in [0.25, 0.3) is 0 Å². The Bertz CT molecular complexity index is 806. The zero-order valence-electron chi connectivity index (χ0n) is 10.8. The molecule has 5 heteroatoms. The first-order chi connectivity index (χ1) is 9.56. The van der Waals surface area contributed by atoms with Gasteiger partial charge in [-0.1, -0.05) is 0 Å². The van der Waals surface area contributed by atoms with Gasteiger partial charge in [0.15, 0.2) is 0 Å². The van der Waals surface area contributed by atoms with E-state index < -0.39 is 0 Å². The highest BCUT2D eigenvalue weighted by Crippen LogP contribution is 2.20. The highest BCUT2D eigenvalue weighted by molar-refractivity contribution is 9.10. The summed E-state index contributed by atoms with van der Waals surface area (Å²) in [5, 5.41) is 0. The number of aromatic nitrogens is 2. The molecular weight excluding hydrogens is 318 g/mol. The van der Waals surface area contributed by atoms with E-state index in [0.29, 0.717) is 16.9 Å². The molecular formula is C15H12BrN3O. The molecule has 0 amide bonds. The molecule has 1 aromatic carbocycles. The maximum absolute atomic E-state index is 12.5. The highest BCUT2D eigenvalue weighted by Gasteiger charge is 2.15. The summed E-state index contributed by atoms with van der Waals surface area (Å²) in [4.78, 5) is 16.8. The van der Waals surface area contributed by atoms with Crippen molar-refractivity contribution in [3.8, 4) is 0 Å². The van der Waals surface area contributed by atoms with Gasteiger partial charge in [0.1, 0.15) is 11.3 Å². The van der Waals surface area contributed by atoms with Gasteiger partial charge in [0.05, 0.1) is 6.20 Å². The number of hydrogen-bond donors (Lipinski definition) is 1. The maximum atomic E-state index is 12.5. The lowest BCUT2D eigenvalue weighted by molar-refractivity contribution is 0.103. The molecule has 0 radical (unpaired) electrons. The zero-order chi connectivity index (χ0) is 14.3. The Morgan fingerprint density at radius 1 is 1.30 bits per heavy atom. The van der Waals surface area contributed by atoms with Gasteiger partial charge >= 0.3 is 0 Å². The van der Waals surface area contributed by atoms with Crippen LogP contribution >= 0.6 is 15.9 Å². The van der Waals surface area contributed by atoms with Crippen LogP contribution in [0.15, 0.2) is 47.2 Å². The molecule has 20 heavy (non-hydrogen) atoms. The van der Waals surface area contributed by atoms with E-state index in [9.17, 15) is 4.79 Å². The lowest BCUT2D eigenvalue weighted by atomic mass is 10.1. The van der Waals surface area contributed by atoms with E-state index in [-0.39, 0.29) is 5.78 Å². The first-order valence-electron chi connectivity index (χ1n) is 6.10. The van der Waals surface area contributed by atoms with E-state index in [1.54, 1.807) is 34.9 Å². The lowest BCUT2D eigenvalue weighted by Gasteiger charge is -2.04. The molecule has 0 spiro atoms. The van der Waals surface area contributed by atoms with Crippen LogP contribution in [0.1, 0.15) is 21.6 Å². The molecule has 2 aromatic heterocycles. The highest BCUT2D eigenvalue weighted by atomic mass is 79.9. The SMILES string of the molecule is Cc1cc2ncc(C(=O)c3ccc(N)cc3)n2cc1Br. The van der Waals surface area contributed by atoms with E-state index in [0.717, 1.165) is 15.7 Å². The van der Waals surface area contributed by atoms with Crippen molar-refractivity contribution in [3.05, 3.63) is 64.0 Å². The van der Waals surface area contributed by atoms with Crippen LogP contribution in [0.25, 0.3) is 5.65 Å². The van der Waals surface area contributed by atoms with Crippen molar-refractivity contribution in [3.63, 3.8) is 0 Å². The molecule has 0 bridgehead atoms. The van der Waals surface area contributed by atoms with Crippen molar-refractivity contribution in [1.29, 1.82) is 0 Å². The minimum atomic E-state index is -0.0757. The molecule has 0 fully saturated rings. The number of hydrogen-bond acceptors (Lipinski definition) is 3. The summed E-state index contributed by atoms with van der Waals surface area (Å²) in [5.74, 6) is -0.0757. The number of imidazole rings is 1. The number of aryl methyl sites for hydroxylation is 1. The number of ketones is 1. The Morgan fingerprint density at radius 3 is 2.70 bits per heavy atom. The molecule has 4 nitrogen and oxygen atoms in total. The summed E-state index contributed by atoms with van der Waals surface area (Å²) >= 11 is 3.47. The van der Waals surface area contributed by atoms with Crippen molar-refractivity contribution in [2.45, 2.75) is 6.92 Å². The molecule has 0 unspecified atom stereocenters. The van der Waals surface area contributed by atoms with Crippen LogP contribution < -0.4 is 5.73 Å². The fourth-order valence-corrected chi connectivity index (χ4v) is 2.36. The third kappa shape index (κ3) is 2.10. The van der Waals surface area contributed by atoms with E-state index in [1.807, 2.05) is 19.2 Å². The van der Waals surface area contributed by atoms with Gasteiger partial charge in [-0.2, -0.15) is 0 Å². The van der Waals surface area contributed by atoms with E-state index in [2.05, 4.69) is 20.9 Å². The van der Waals surface area contributed by atoms with Crippen molar-refractivity contribution in [2.24, 2.45) is 0 Å². The average Bonchev–Trinajstić information content (AvgIpc) is 2.82. The van der Waals surface area contributed by atoms with Crippen molar-refractivity contribution in [1.82, 2.24) is 9.38 Å². The smallest absolute Gasteiger partial charge is 0.211 e. The summed E-state index contributed by atoms with van der Waals surface area (Å²) in [6, 6.07) is 8.82. The van der Waals surface area contributed by atoms with Crippen molar-refractivity contribution in [2.75, 3.05) is 5.73 Å². The number of rotatable bonds is 2.